The Labute approximate surface area is 165 Å². The van der Waals surface area contributed by atoms with Crippen molar-refractivity contribution in [3.63, 3.8) is 0 Å². The maximum Gasteiger partial charge on any atom is 0.270 e. The standard InChI is InChI=1S/C18H15Cl2N3O4/c1-11(27-17-5-2-13(19)9-15(17)20)18(24)22-7-6-21-10-12-8-14(23(25)26)3-4-16(12)22/h2-5,8-11H,6-7H2,1H3/t11-/m1/s1. The van der Waals surface area contributed by atoms with Crippen LogP contribution in [0.1, 0.15) is 12.5 Å². The number of halogens is 2. The fourth-order valence-electron chi connectivity index (χ4n) is 2.71. The number of benzodiazepines with no additional fused rings is 1. The van der Waals surface area contributed by atoms with Gasteiger partial charge in [-0.05, 0) is 31.2 Å². The number of aliphatic imine (C=N–C) groups is 1. The molecule has 3 rings (SSSR count). The second kappa shape index (κ2) is 7.94. The van der Waals surface area contributed by atoms with Crippen LogP contribution in [0.2, 0.25) is 10.0 Å². The topological polar surface area (TPSA) is 85.0 Å². The van der Waals surface area contributed by atoms with Gasteiger partial charge in [-0.25, -0.2) is 0 Å². The van der Waals surface area contributed by atoms with Crippen LogP contribution < -0.4 is 9.64 Å². The summed E-state index contributed by atoms with van der Waals surface area (Å²) in [5.41, 5.74) is 0.989. The van der Waals surface area contributed by atoms with E-state index in [2.05, 4.69) is 4.99 Å². The summed E-state index contributed by atoms with van der Waals surface area (Å²) in [5.74, 6) is 0.0403. The van der Waals surface area contributed by atoms with Crippen LogP contribution >= 0.6 is 23.2 Å². The lowest BCUT2D eigenvalue weighted by molar-refractivity contribution is -0.384. The van der Waals surface area contributed by atoms with Crippen LogP contribution in [0.5, 0.6) is 5.75 Å². The Morgan fingerprint density at radius 3 is 2.78 bits per heavy atom. The molecule has 1 aliphatic rings. The van der Waals surface area contributed by atoms with Crippen LogP contribution in [0.3, 0.4) is 0 Å². The molecule has 27 heavy (non-hydrogen) atoms. The number of hydrogen-bond donors (Lipinski definition) is 0. The van der Waals surface area contributed by atoms with Gasteiger partial charge in [0.25, 0.3) is 11.6 Å². The Hall–Kier alpha value is -2.64. The number of hydrogen-bond acceptors (Lipinski definition) is 5. The number of rotatable bonds is 4. The van der Waals surface area contributed by atoms with E-state index in [0.717, 1.165) is 0 Å². The molecule has 1 heterocycles. The van der Waals surface area contributed by atoms with E-state index in [9.17, 15) is 14.9 Å². The molecule has 0 aromatic heterocycles. The Kier molecular flexibility index (Phi) is 5.62. The molecule has 0 saturated carbocycles. The van der Waals surface area contributed by atoms with Crippen LogP contribution in [0.15, 0.2) is 41.4 Å². The third-order valence-electron chi connectivity index (χ3n) is 4.01. The first kappa shape index (κ1) is 19.1. The lowest BCUT2D eigenvalue weighted by Crippen LogP contribution is -2.42. The number of amides is 1. The third-order valence-corrected chi connectivity index (χ3v) is 4.54. The minimum Gasteiger partial charge on any atom is -0.479 e. The van der Waals surface area contributed by atoms with Crippen molar-refractivity contribution in [1.29, 1.82) is 0 Å². The molecule has 1 atom stereocenters. The van der Waals surface area contributed by atoms with Gasteiger partial charge in [-0.15, -0.1) is 0 Å². The second-order valence-corrected chi connectivity index (χ2v) is 6.70. The molecule has 1 amide bonds. The first-order chi connectivity index (χ1) is 12.9. The van der Waals surface area contributed by atoms with Crippen molar-refractivity contribution < 1.29 is 14.5 Å². The number of nitro groups is 1. The first-order valence-electron chi connectivity index (χ1n) is 8.08. The molecule has 9 heteroatoms. The largest absolute Gasteiger partial charge is 0.479 e. The Morgan fingerprint density at radius 2 is 2.07 bits per heavy atom. The zero-order valence-electron chi connectivity index (χ0n) is 14.3. The van der Waals surface area contributed by atoms with Gasteiger partial charge in [0.05, 0.1) is 22.2 Å². The highest BCUT2D eigenvalue weighted by Crippen LogP contribution is 2.30. The molecule has 0 fully saturated rings. The van der Waals surface area contributed by atoms with Crippen molar-refractivity contribution in [2.75, 3.05) is 18.0 Å². The lowest BCUT2D eigenvalue weighted by atomic mass is 10.1. The molecule has 140 valence electrons. The predicted octanol–water partition coefficient (Wildman–Crippen LogP) is 4.13. The first-order valence-corrected chi connectivity index (χ1v) is 8.84. The monoisotopic (exact) mass is 407 g/mol. The molecule has 2 aromatic rings. The Balaban J connectivity index is 1.85. The van der Waals surface area contributed by atoms with Gasteiger partial charge in [0, 0.05) is 35.5 Å². The fourth-order valence-corrected chi connectivity index (χ4v) is 3.16. The molecule has 0 saturated heterocycles. The van der Waals surface area contributed by atoms with Crippen molar-refractivity contribution in [3.8, 4) is 5.75 Å². The number of carbonyl (C=O) groups is 1. The maximum atomic E-state index is 13.0. The summed E-state index contributed by atoms with van der Waals surface area (Å²) >= 11 is 12.0. The normalized spacial score (nSPS) is 14.3. The zero-order valence-corrected chi connectivity index (χ0v) is 15.8. The quantitative estimate of drug-likeness (QED) is 0.562. The van der Waals surface area contributed by atoms with E-state index >= 15 is 0 Å². The van der Waals surface area contributed by atoms with Gasteiger partial charge >= 0.3 is 0 Å². The van der Waals surface area contributed by atoms with Gasteiger partial charge in [0.2, 0.25) is 0 Å². The molecule has 0 spiro atoms. The van der Waals surface area contributed by atoms with E-state index in [4.69, 9.17) is 27.9 Å². The molecule has 7 nitrogen and oxygen atoms in total. The molecule has 0 unspecified atom stereocenters. The number of non-ortho nitro benzene ring substituents is 1. The SMILES string of the molecule is C[C@@H](Oc1ccc(Cl)cc1Cl)C(=O)N1CCN=Cc2cc([N+](=O)[O-])ccc21. The summed E-state index contributed by atoms with van der Waals surface area (Å²) in [6.07, 6.45) is 0.710. The zero-order chi connectivity index (χ0) is 19.6. The van der Waals surface area contributed by atoms with Crippen molar-refractivity contribution in [2.45, 2.75) is 13.0 Å². The number of fused-ring (bicyclic) bond motifs is 1. The molecule has 0 N–H and O–H groups in total. The van der Waals surface area contributed by atoms with Gasteiger partial charge in [0.15, 0.2) is 6.10 Å². The van der Waals surface area contributed by atoms with E-state index in [1.165, 1.54) is 29.3 Å². The van der Waals surface area contributed by atoms with Crippen molar-refractivity contribution in [1.82, 2.24) is 0 Å². The van der Waals surface area contributed by atoms with Crippen molar-refractivity contribution in [2.24, 2.45) is 4.99 Å². The minimum absolute atomic E-state index is 0.0632. The van der Waals surface area contributed by atoms with Crippen LogP contribution in [0.25, 0.3) is 0 Å². The highest BCUT2D eigenvalue weighted by molar-refractivity contribution is 6.35. The average Bonchev–Trinajstić information content (AvgIpc) is 2.85. The van der Waals surface area contributed by atoms with E-state index in [1.807, 2.05) is 0 Å². The van der Waals surface area contributed by atoms with Crippen molar-refractivity contribution >= 4 is 46.7 Å². The summed E-state index contributed by atoms with van der Waals surface area (Å²) in [6, 6.07) is 9.05. The summed E-state index contributed by atoms with van der Waals surface area (Å²) < 4.78 is 5.70. The predicted molar refractivity (Wildman–Crippen MR) is 104 cm³/mol. The van der Waals surface area contributed by atoms with Gasteiger partial charge in [-0.2, -0.15) is 0 Å². The number of ether oxygens (including phenoxy) is 1. The minimum atomic E-state index is -0.829. The van der Waals surface area contributed by atoms with E-state index in [1.54, 1.807) is 25.1 Å². The molecule has 2 aromatic carbocycles. The van der Waals surface area contributed by atoms with E-state index in [-0.39, 0.29) is 11.6 Å². The van der Waals surface area contributed by atoms with Gasteiger partial charge in [-0.1, -0.05) is 23.2 Å². The summed E-state index contributed by atoms with van der Waals surface area (Å²) in [6.45, 7) is 2.33. The number of anilines is 1. The number of nitrogens with zero attached hydrogens (tertiary/aromatic N) is 3. The molecular weight excluding hydrogens is 393 g/mol. The highest BCUT2D eigenvalue weighted by atomic mass is 35.5. The Bertz CT molecular complexity index is 933. The van der Waals surface area contributed by atoms with Crippen LogP contribution in [0.4, 0.5) is 11.4 Å². The van der Waals surface area contributed by atoms with Gasteiger partial charge < -0.3 is 9.64 Å². The smallest absolute Gasteiger partial charge is 0.270 e. The van der Waals surface area contributed by atoms with Crippen LogP contribution in [-0.4, -0.2) is 36.2 Å². The van der Waals surface area contributed by atoms with Crippen LogP contribution in [0, 0.1) is 10.1 Å². The van der Waals surface area contributed by atoms with Crippen LogP contribution in [-0.2, 0) is 4.79 Å². The van der Waals surface area contributed by atoms with Gasteiger partial charge in [0.1, 0.15) is 5.75 Å². The summed E-state index contributed by atoms with van der Waals surface area (Å²) in [7, 11) is 0. The molecule has 1 aliphatic heterocycles. The van der Waals surface area contributed by atoms with Gasteiger partial charge in [-0.3, -0.25) is 19.9 Å². The second-order valence-electron chi connectivity index (χ2n) is 5.86. The van der Waals surface area contributed by atoms with Crippen molar-refractivity contribution in [3.05, 3.63) is 62.1 Å². The maximum absolute atomic E-state index is 13.0. The highest BCUT2D eigenvalue weighted by Gasteiger charge is 2.27. The summed E-state index contributed by atoms with van der Waals surface area (Å²) in [5, 5.41) is 11.8. The summed E-state index contributed by atoms with van der Waals surface area (Å²) in [4.78, 5) is 29.2. The van der Waals surface area contributed by atoms with E-state index in [0.29, 0.717) is 40.1 Å². The lowest BCUT2D eigenvalue weighted by Gasteiger charge is -2.26. The molecule has 0 bridgehead atoms. The average molecular weight is 408 g/mol. The fraction of sp³-hybridized carbons (Fsp3) is 0.222. The third kappa shape index (κ3) is 4.20. The molecule has 0 aliphatic carbocycles. The number of nitro benzene ring substituents is 1. The number of benzene rings is 2. The Morgan fingerprint density at radius 1 is 1.30 bits per heavy atom. The number of carbonyl (C=O) groups excluding carboxylic acids is 1. The van der Waals surface area contributed by atoms with E-state index < -0.39 is 11.0 Å². The molecular formula is C18H15Cl2N3O4. The molecule has 0 radical (unpaired) electrons.